The lowest BCUT2D eigenvalue weighted by atomic mass is 9.98. The van der Waals surface area contributed by atoms with Crippen LogP contribution < -0.4 is 0 Å². The van der Waals surface area contributed by atoms with Crippen molar-refractivity contribution in [2.24, 2.45) is 14.1 Å². The summed E-state index contributed by atoms with van der Waals surface area (Å²) in [7, 11) is 3.79. The van der Waals surface area contributed by atoms with Crippen molar-refractivity contribution in [1.82, 2.24) is 59.5 Å². The number of aryl methyl sites for hydroxylation is 2. The number of fused-ring (bicyclic) bond motifs is 2. The van der Waals surface area contributed by atoms with Gasteiger partial charge in [0.15, 0.2) is 0 Å². The van der Waals surface area contributed by atoms with E-state index in [0.29, 0.717) is 0 Å². The molecule has 8 rings (SSSR count). The molecular formula is C34H30N12O4. The van der Waals surface area contributed by atoms with Crippen LogP contribution in [-0.4, -0.2) is 81.7 Å². The molecule has 16 nitrogen and oxygen atoms in total. The van der Waals surface area contributed by atoms with Crippen molar-refractivity contribution in [3.63, 3.8) is 0 Å². The number of aliphatic carboxylic acids is 2. The number of rotatable bonds is 6. The SMILES string of the molecule is Cn1nnc2ccc(C(c3ccccc3)n3cncn3)cc21.Cn1nnc2ccc(C(c3ccccc3)n3cncn3)cc21.O=C(O)C(=O)O. The van der Waals surface area contributed by atoms with Crippen LogP contribution in [0.2, 0.25) is 0 Å². The fourth-order valence-electron chi connectivity index (χ4n) is 5.40. The predicted octanol–water partition coefficient (Wildman–Crippen LogP) is 3.55. The number of carbonyl (C=O) groups is 2. The fraction of sp³-hybridized carbons (Fsp3) is 0.118. The van der Waals surface area contributed by atoms with Crippen LogP contribution in [-0.2, 0) is 23.7 Å². The van der Waals surface area contributed by atoms with E-state index in [1.165, 1.54) is 0 Å². The van der Waals surface area contributed by atoms with Gasteiger partial charge in [0.1, 0.15) is 48.4 Å². The van der Waals surface area contributed by atoms with Crippen LogP contribution >= 0.6 is 0 Å². The molecule has 0 fully saturated rings. The number of aromatic nitrogens is 12. The molecule has 4 aromatic carbocycles. The van der Waals surface area contributed by atoms with E-state index in [9.17, 15) is 0 Å². The van der Waals surface area contributed by atoms with E-state index in [4.69, 9.17) is 19.8 Å². The molecule has 0 aliphatic rings. The van der Waals surface area contributed by atoms with Crippen molar-refractivity contribution in [3.8, 4) is 0 Å². The summed E-state index contributed by atoms with van der Waals surface area (Å²) in [4.78, 5) is 26.4. The Hall–Kier alpha value is -7.10. The third-order valence-electron chi connectivity index (χ3n) is 7.72. The van der Waals surface area contributed by atoms with Crippen molar-refractivity contribution < 1.29 is 19.8 Å². The Labute approximate surface area is 283 Å². The van der Waals surface area contributed by atoms with Gasteiger partial charge in [-0.3, -0.25) is 0 Å². The molecule has 2 N–H and O–H groups in total. The first kappa shape index (κ1) is 32.8. The highest BCUT2D eigenvalue weighted by molar-refractivity contribution is 6.27. The zero-order chi connectivity index (χ0) is 35.0. The Morgan fingerprint density at radius 1 is 0.560 bits per heavy atom. The predicted molar refractivity (Wildman–Crippen MR) is 180 cm³/mol. The van der Waals surface area contributed by atoms with Crippen LogP contribution in [0.5, 0.6) is 0 Å². The Bertz CT molecular complexity index is 2150. The highest BCUT2D eigenvalue weighted by atomic mass is 16.4. The Balaban J connectivity index is 0.000000149. The van der Waals surface area contributed by atoms with Crippen LogP contribution in [0, 0.1) is 0 Å². The molecule has 4 aromatic heterocycles. The van der Waals surface area contributed by atoms with Crippen molar-refractivity contribution in [1.29, 1.82) is 0 Å². The summed E-state index contributed by atoms with van der Waals surface area (Å²) in [6, 6.07) is 32.8. The molecule has 2 unspecified atom stereocenters. The number of carboxylic acid groups (broad SMARTS) is 2. The van der Waals surface area contributed by atoms with Gasteiger partial charge in [0.25, 0.3) is 0 Å². The molecule has 0 saturated carbocycles. The van der Waals surface area contributed by atoms with Gasteiger partial charge in [-0.1, -0.05) is 83.2 Å². The maximum Gasteiger partial charge on any atom is 0.414 e. The summed E-state index contributed by atoms with van der Waals surface area (Å²) in [5.74, 6) is -3.65. The summed E-state index contributed by atoms with van der Waals surface area (Å²) in [5, 5.41) is 39.8. The monoisotopic (exact) mass is 670 g/mol. The van der Waals surface area contributed by atoms with Crippen LogP contribution in [0.15, 0.2) is 122 Å². The average Bonchev–Trinajstić information content (AvgIpc) is 3.98. The minimum absolute atomic E-state index is 0.0250. The molecule has 4 heterocycles. The lowest BCUT2D eigenvalue weighted by Crippen LogP contribution is -2.13. The first-order valence-electron chi connectivity index (χ1n) is 15.1. The van der Waals surface area contributed by atoms with E-state index in [-0.39, 0.29) is 12.1 Å². The van der Waals surface area contributed by atoms with E-state index < -0.39 is 11.9 Å². The number of nitrogens with zero attached hydrogens (tertiary/aromatic N) is 12. The second kappa shape index (κ2) is 14.8. The average molecular weight is 671 g/mol. The van der Waals surface area contributed by atoms with Gasteiger partial charge in [-0.15, -0.1) is 10.2 Å². The largest absolute Gasteiger partial charge is 0.473 e. The molecule has 0 amide bonds. The molecule has 50 heavy (non-hydrogen) atoms. The molecule has 0 radical (unpaired) electrons. The van der Waals surface area contributed by atoms with Gasteiger partial charge < -0.3 is 10.2 Å². The van der Waals surface area contributed by atoms with Gasteiger partial charge in [-0.2, -0.15) is 10.2 Å². The van der Waals surface area contributed by atoms with Crippen molar-refractivity contribution in [2.75, 3.05) is 0 Å². The van der Waals surface area contributed by atoms with E-state index in [1.54, 1.807) is 34.7 Å². The van der Waals surface area contributed by atoms with Crippen LogP contribution in [0.3, 0.4) is 0 Å². The zero-order valence-electron chi connectivity index (χ0n) is 26.8. The molecule has 8 aromatic rings. The molecule has 250 valence electrons. The first-order valence-corrected chi connectivity index (χ1v) is 15.1. The quantitative estimate of drug-likeness (QED) is 0.244. The fourth-order valence-corrected chi connectivity index (χ4v) is 5.40. The second-order valence-corrected chi connectivity index (χ2v) is 10.9. The van der Waals surface area contributed by atoms with Crippen molar-refractivity contribution in [2.45, 2.75) is 12.1 Å². The summed E-state index contributed by atoms with van der Waals surface area (Å²) in [6.45, 7) is 0. The Morgan fingerprint density at radius 2 is 0.960 bits per heavy atom. The van der Waals surface area contributed by atoms with Crippen molar-refractivity contribution >= 4 is 34.0 Å². The molecular weight excluding hydrogens is 640 g/mol. The lowest BCUT2D eigenvalue weighted by molar-refractivity contribution is -0.159. The topological polar surface area (TPSA) is 197 Å². The summed E-state index contributed by atoms with van der Waals surface area (Å²) < 4.78 is 7.28. The number of hydrogen-bond acceptors (Lipinski definition) is 10. The summed E-state index contributed by atoms with van der Waals surface area (Å²) >= 11 is 0. The highest BCUT2D eigenvalue weighted by Gasteiger charge is 2.19. The van der Waals surface area contributed by atoms with E-state index in [0.717, 1.165) is 44.3 Å². The lowest BCUT2D eigenvalue weighted by Gasteiger charge is -2.18. The number of hydrogen-bond donors (Lipinski definition) is 2. The molecule has 16 heteroatoms. The number of benzene rings is 4. The Morgan fingerprint density at radius 3 is 1.30 bits per heavy atom. The maximum absolute atomic E-state index is 9.10. The smallest absolute Gasteiger partial charge is 0.414 e. The standard InChI is InChI=1S/2C16H14N6.C2H2O4/c2*1-21-15-9-13(7-8-14(15)19-20-21)16(22-11-17-10-18-22)12-5-3-2-4-6-12;3-1(4)2(5)6/h2*2-11,16H,1H3;(H,3,4)(H,5,6). The van der Waals surface area contributed by atoms with Gasteiger partial charge in [0.2, 0.25) is 0 Å². The maximum atomic E-state index is 9.10. The Kier molecular flexibility index (Phi) is 9.69. The van der Waals surface area contributed by atoms with E-state index in [1.807, 2.05) is 72.0 Å². The first-order chi connectivity index (χ1) is 24.3. The van der Waals surface area contributed by atoms with Gasteiger partial charge in [-0.05, 0) is 46.5 Å². The molecule has 2 atom stereocenters. The second-order valence-electron chi connectivity index (χ2n) is 10.9. The third-order valence-corrected chi connectivity index (χ3v) is 7.72. The van der Waals surface area contributed by atoms with Gasteiger partial charge in [0, 0.05) is 14.1 Å². The van der Waals surface area contributed by atoms with Crippen LogP contribution in [0.4, 0.5) is 0 Å². The summed E-state index contributed by atoms with van der Waals surface area (Å²) in [5.41, 5.74) is 8.32. The van der Waals surface area contributed by atoms with Gasteiger partial charge >= 0.3 is 11.9 Å². The van der Waals surface area contributed by atoms with Gasteiger partial charge in [0.05, 0.1) is 11.0 Å². The molecule has 0 saturated heterocycles. The van der Waals surface area contributed by atoms with Crippen LogP contribution in [0.1, 0.15) is 34.3 Å². The minimum Gasteiger partial charge on any atom is -0.473 e. The highest BCUT2D eigenvalue weighted by Crippen LogP contribution is 2.29. The molecule has 0 spiro atoms. The zero-order valence-corrected chi connectivity index (χ0v) is 26.8. The van der Waals surface area contributed by atoms with Crippen LogP contribution in [0.25, 0.3) is 22.1 Å². The van der Waals surface area contributed by atoms with Gasteiger partial charge in [-0.25, -0.2) is 38.3 Å². The number of carboxylic acids is 2. The summed E-state index contributed by atoms with van der Waals surface area (Å²) in [6.07, 6.45) is 6.59. The minimum atomic E-state index is -1.82. The third kappa shape index (κ3) is 7.23. The molecule has 0 bridgehead atoms. The normalized spacial score (nSPS) is 12.0. The molecule has 0 aliphatic heterocycles. The van der Waals surface area contributed by atoms with E-state index in [2.05, 4.69) is 89.3 Å². The van der Waals surface area contributed by atoms with Crippen molar-refractivity contribution in [3.05, 3.63) is 145 Å². The van der Waals surface area contributed by atoms with E-state index >= 15 is 0 Å². The molecule has 0 aliphatic carbocycles.